The zero-order valence-electron chi connectivity index (χ0n) is 9.42. The Labute approximate surface area is 89.6 Å². The second kappa shape index (κ2) is 5.50. The molecule has 1 aromatic heterocycles. The van der Waals surface area contributed by atoms with Crippen LogP contribution in [-0.2, 0) is 11.2 Å². The second-order valence-electron chi connectivity index (χ2n) is 3.71. The number of carbonyl (C=O) groups is 1. The summed E-state index contributed by atoms with van der Waals surface area (Å²) in [7, 11) is 0. The monoisotopic (exact) mass is 210 g/mol. The number of carbonyl (C=O) groups excluding carboxylic acids is 1. The molecule has 0 saturated carbocycles. The number of H-pyrrole nitrogens is 1. The first-order chi connectivity index (χ1) is 7.13. The van der Waals surface area contributed by atoms with Gasteiger partial charge in [-0.3, -0.25) is 9.89 Å². The van der Waals surface area contributed by atoms with E-state index < -0.39 is 0 Å². The van der Waals surface area contributed by atoms with E-state index in [1.807, 2.05) is 20.8 Å². The first-order valence-corrected chi connectivity index (χ1v) is 5.19. The summed E-state index contributed by atoms with van der Waals surface area (Å²) >= 11 is 0. The molecule has 0 bridgehead atoms. The van der Waals surface area contributed by atoms with E-state index in [9.17, 15) is 4.79 Å². The van der Waals surface area contributed by atoms with Gasteiger partial charge in [0, 0.05) is 11.6 Å². The molecule has 0 aliphatic rings. The van der Waals surface area contributed by atoms with Crippen LogP contribution in [0.1, 0.15) is 26.3 Å². The van der Waals surface area contributed by atoms with Gasteiger partial charge in [-0.05, 0) is 6.42 Å². The Bertz CT molecular complexity index is 319. The summed E-state index contributed by atoms with van der Waals surface area (Å²) in [6, 6.07) is 0.308. The lowest BCUT2D eigenvalue weighted by molar-refractivity contribution is -0.115. The average Bonchev–Trinajstić information content (AvgIpc) is 2.62. The van der Waals surface area contributed by atoms with Crippen molar-refractivity contribution in [2.45, 2.75) is 33.2 Å². The van der Waals surface area contributed by atoms with Crippen molar-refractivity contribution in [3.8, 4) is 0 Å². The Morgan fingerprint density at radius 2 is 2.33 bits per heavy atom. The van der Waals surface area contributed by atoms with Crippen LogP contribution < -0.4 is 10.6 Å². The SMILES string of the molecule is CCc1cn[nH]c1NC(=O)CNC(C)C. The van der Waals surface area contributed by atoms with Gasteiger partial charge in [-0.25, -0.2) is 0 Å². The number of rotatable bonds is 5. The maximum atomic E-state index is 11.5. The van der Waals surface area contributed by atoms with E-state index in [0.717, 1.165) is 12.0 Å². The Kier molecular flexibility index (Phi) is 4.30. The van der Waals surface area contributed by atoms with Gasteiger partial charge in [-0.2, -0.15) is 5.10 Å². The molecule has 0 aliphatic carbocycles. The molecule has 0 unspecified atom stereocenters. The summed E-state index contributed by atoms with van der Waals surface area (Å²) < 4.78 is 0. The predicted octanol–water partition coefficient (Wildman–Crippen LogP) is 0.909. The van der Waals surface area contributed by atoms with Gasteiger partial charge in [0.05, 0.1) is 12.7 Å². The highest BCUT2D eigenvalue weighted by atomic mass is 16.2. The molecule has 84 valence electrons. The van der Waals surface area contributed by atoms with Crippen LogP contribution >= 0.6 is 0 Å². The van der Waals surface area contributed by atoms with Crippen LogP contribution in [-0.4, -0.2) is 28.7 Å². The molecule has 0 saturated heterocycles. The summed E-state index contributed by atoms with van der Waals surface area (Å²) in [5.41, 5.74) is 1.02. The lowest BCUT2D eigenvalue weighted by atomic mass is 10.2. The fourth-order valence-corrected chi connectivity index (χ4v) is 1.17. The Morgan fingerprint density at radius 1 is 1.60 bits per heavy atom. The first-order valence-electron chi connectivity index (χ1n) is 5.19. The van der Waals surface area contributed by atoms with Gasteiger partial charge in [-0.15, -0.1) is 0 Å². The largest absolute Gasteiger partial charge is 0.310 e. The average molecular weight is 210 g/mol. The third-order valence-electron chi connectivity index (χ3n) is 2.03. The van der Waals surface area contributed by atoms with Crippen molar-refractivity contribution in [2.24, 2.45) is 0 Å². The first kappa shape index (κ1) is 11.7. The van der Waals surface area contributed by atoms with Crippen LogP contribution in [0, 0.1) is 0 Å². The zero-order chi connectivity index (χ0) is 11.3. The van der Waals surface area contributed by atoms with Crippen molar-refractivity contribution in [1.29, 1.82) is 0 Å². The molecule has 0 atom stereocenters. The van der Waals surface area contributed by atoms with E-state index in [-0.39, 0.29) is 5.91 Å². The van der Waals surface area contributed by atoms with Crippen molar-refractivity contribution in [2.75, 3.05) is 11.9 Å². The van der Waals surface area contributed by atoms with Crippen LogP contribution in [0.5, 0.6) is 0 Å². The van der Waals surface area contributed by atoms with Gasteiger partial charge in [0.2, 0.25) is 5.91 Å². The van der Waals surface area contributed by atoms with Crippen molar-refractivity contribution in [3.05, 3.63) is 11.8 Å². The molecule has 0 fully saturated rings. The topological polar surface area (TPSA) is 69.8 Å². The minimum absolute atomic E-state index is 0.0531. The van der Waals surface area contributed by atoms with Gasteiger partial charge < -0.3 is 10.6 Å². The summed E-state index contributed by atoms with van der Waals surface area (Å²) in [6.07, 6.45) is 2.58. The van der Waals surface area contributed by atoms with Gasteiger partial charge >= 0.3 is 0 Å². The van der Waals surface area contributed by atoms with Crippen molar-refractivity contribution >= 4 is 11.7 Å². The molecule has 3 N–H and O–H groups in total. The number of aryl methyl sites for hydroxylation is 1. The van der Waals surface area contributed by atoms with Crippen molar-refractivity contribution in [1.82, 2.24) is 15.5 Å². The number of hydrogen-bond donors (Lipinski definition) is 3. The van der Waals surface area contributed by atoms with E-state index in [4.69, 9.17) is 0 Å². The molecule has 0 spiro atoms. The van der Waals surface area contributed by atoms with E-state index in [1.54, 1.807) is 6.20 Å². The number of anilines is 1. The summed E-state index contributed by atoms with van der Waals surface area (Å²) in [6.45, 7) is 6.34. The number of hydrogen-bond acceptors (Lipinski definition) is 3. The maximum absolute atomic E-state index is 11.5. The Balaban J connectivity index is 2.44. The van der Waals surface area contributed by atoms with Crippen molar-refractivity contribution < 1.29 is 4.79 Å². The van der Waals surface area contributed by atoms with E-state index >= 15 is 0 Å². The molecular weight excluding hydrogens is 192 g/mol. The molecule has 5 heteroatoms. The Hall–Kier alpha value is -1.36. The molecule has 1 aromatic rings. The third-order valence-corrected chi connectivity index (χ3v) is 2.03. The number of nitrogens with zero attached hydrogens (tertiary/aromatic N) is 1. The maximum Gasteiger partial charge on any atom is 0.239 e. The molecule has 1 rings (SSSR count). The highest BCUT2D eigenvalue weighted by molar-refractivity contribution is 5.91. The molecule has 1 heterocycles. The smallest absolute Gasteiger partial charge is 0.239 e. The van der Waals surface area contributed by atoms with Crippen LogP contribution in [0.15, 0.2) is 6.20 Å². The molecule has 1 amide bonds. The number of aromatic nitrogens is 2. The minimum atomic E-state index is -0.0531. The summed E-state index contributed by atoms with van der Waals surface area (Å²) in [5, 5.41) is 12.5. The molecule has 5 nitrogen and oxygen atoms in total. The molecule has 15 heavy (non-hydrogen) atoms. The fourth-order valence-electron chi connectivity index (χ4n) is 1.17. The molecular formula is C10H18N4O. The van der Waals surface area contributed by atoms with Gasteiger partial charge in [0.15, 0.2) is 0 Å². The highest BCUT2D eigenvalue weighted by Gasteiger charge is 2.07. The fraction of sp³-hybridized carbons (Fsp3) is 0.600. The molecule has 0 aliphatic heterocycles. The standard InChI is InChI=1S/C10H18N4O/c1-4-8-5-12-14-10(8)13-9(15)6-11-7(2)3/h5,7,11H,4,6H2,1-3H3,(H2,12,13,14,15). The second-order valence-corrected chi connectivity index (χ2v) is 3.71. The zero-order valence-corrected chi connectivity index (χ0v) is 9.42. The van der Waals surface area contributed by atoms with Crippen molar-refractivity contribution in [3.63, 3.8) is 0 Å². The highest BCUT2D eigenvalue weighted by Crippen LogP contribution is 2.10. The molecule has 0 aromatic carbocycles. The summed E-state index contributed by atoms with van der Waals surface area (Å²) in [4.78, 5) is 11.5. The predicted molar refractivity (Wildman–Crippen MR) is 59.7 cm³/mol. The van der Waals surface area contributed by atoms with Gasteiger partial charge in [-0.1, -0.05) is 20.8 Å². The number of amides is 1. The van der Waals surface area contributed by atoms with E-state index in [2.05, 4.69) is 20.8 Å². The quantitative estimate of drug-likeness (QED) is 0.676. The normalized spacial score (nSPS) is 10.7. The van der Waals surface area contributed by atoms with Crippen LogP contribution in [0.2, 0.25) is 0 Å². The van der Waals surface area contributed by atoms with Crippen LogP contribution in [0.4, 0.5) is 5.82 Å². The van der Waals surface area contributed by atoms with E-state index in [0.29, 0.717) is 18.4 Å². The Morgan fingerprint density at radius 3 is 2.93 bits per heavy atom. The van der Waals surface area contributed by atoms with Gasteiger partial charge in [0.25, 0.3) is 0 Å². The number of aromatic amines is 1. The minimum Gasteiger partial charge on any atom is -0.310 e. The van der Waals surface area contributed by atoms with Gasteiger partial charge in [0.1, 0.15) is 5.82 Å². The van der Waals surface area contributed by atoms with Crippen LogP contribution in [0.3, 0.4) is 0 Å². The van der Waals surface area contributed by atoms with E-state index in [1.165, 1.54) is 0 Å². The third kappa shape index (κ3) is 3.71. The number of nitrogens with one attached hydrogen (secondary N) is 3. The van der Waals surface area contributed by atoms with Crippen LogP contribution in [0.25, 0.3) is 0 Å². The lowest BCUT2D eigenvalue weighted by Crippen LogP contribution is -2.32. The summed E-state index contributed by atoms with van der Waals surface area (Å²) in [5.74, 6) is 0.649. The lowest BCUT2D eigenvalue weighted by Gasteiger charge is -2.08. The molecule has 0 radical (unpaired) electrons.